The van der Waals surface area contributed by atoms with Crippen LogP contribution in [-0.2, 0) is 0 Å². The van der Waals surface area contributed by atoms with Crippen LogP contribution in [0.2, 0.25) is 0 Å². The van der Waals surface area contributed by atoms with Crippen LogP contribution in [0.1, 0.15) is 135 Å². The maximum Gasteiger partial charge on any atom is 0.206 e. The van der Waals surface area contributed by atoms with E-state index in [-0.39, 0.29) is 0 Å². The molecule has 172 valence electrons. The molecule has 1 atom stereocenters. The van der Waals surface area contributed by atoms with Gasteiger partial charge in [0.2, 0.25) is 6.17 Å². The van der Waals surface area contributed by atoms with Crippen LogP contribution in [0.25, 0.3) is 0 Å². The second-order valence-electron chi connectivity index (χ2n) is 9.29. The Labute approximate surface area is 183 Å². The van der Waals surface area contributed by atoms with E-state index in [1.54, 1.807) is 0 Å². The van der Waals surface area contributed by atoms with Crippen molar-refractivity contribution in [3.63, 3.8) is 0 Å². The molecule has 0 fully saturated rings. The highest BCUT2D eigenvalue weighted by molar-refractivity contribution is 5.55. The second-order valence-corrected chi connectivity index (χ2v) is 9.29. The maximum atomic E-state index is 5.68. The zero-order valence-corrected chi connectivity index (χ0v) is 19.9. The second kappa shape index (κ2) is 20.8. The molecule has 0 spiro atoms. The molecule has 0 saturated heterocycles. The van der Waals surface area contributed by atoms with Gasteiger partial charge in [0, 0.05) is 6.42 Å². The van der Waals surface area contributed by atoms with Crippen molar-refractivity contribution in [3.05, 3.63) is 0 Å². The Hall–Kier alpha value is -0.410. The molecule has 0 radical (unpaired) electrons. The van der Waals surface area contributed by atoms with E-state index >= 15 is 0 Å². The fourth-order valence-electron chi connectivity index (χ4n) is 4.63. The van der Waals surface area contributed by atoms with E-state index in [2.05, 4.69) is 23.0 Å². The quantitative estimate of drug-likeness (QED) is 0.153. The van der Waals surface area contributed by atoms with Crippen LogP contribution in [0.5, 0.6) is 0 Å². The minimum Gasteiger partial charge on any atom is -0.325 e. The fourth-order valence-corrected chi connectivity index (χ4v) is 4.63. The van der Waals surface area contributed by atoms with E-state index in [1.807, 2.05) is 0 Å². The summed E-state index contributed by atoms with van der Waals surface area (Å²) < 4.78 is 2.40. The third kappa shape index (κ3) is 16.0. The summed E-state index contributed by atoms with van der Waals surface area (Å²) in [5, 5.41) is 3.57. The average Bonchev–Trinajstić information content (AvgIpc) is 3.17. The van der Waals surface area contributed by atoms with Gasteiger partial charge in [-0.25, -0.2) is 9.89 Å². The molecule has 3 N–H and O–H groups in total. The first-order chi connectivity index (χ1) is 14.4. The van der Waals surface area contributed by atoms with Gasteiger partial charge >= 0.3 is 0 Å². The molecular weight excluding hydrogens is 354 g/mol. The lowest BCUT2D eigenvalue weighted by Gasteiger charge is -2.10. The van der Waals surface area contributed by atoms with Crippen LogP contribution in [0, 0.1) is 0 Å². The molecule has 3 heteroatoms. The highest BCUT2D eigenvalue weighted by atomic mass is 15.2. The van der Waals surface area contributed by atoms with E-state index in [1.165, 1.54) is 128 Å². The predicted octanol–water partition coefficient (Wildman–Crippen LogP) is 6.78. The van der Waals surface area contributed by atoms with Crippen molar-refractivity contribution in [2.75, 3.05) is 19.6 Å². The first-order valence-corrected chi connectivity index (χ1v) is 13.4. The topological polar surface area (TPSA) is 41.1 Å². The Balaban J connectivity index is 1.71. The van der Waals surface area contributed by atoms with Crippen molar-refractivity contribution in [3.8, 4) is 0 Å². The van der Waals surface area contributed by atoms with Crippen LogP contribution in [0.15, 0.2) is 0 Å². The van der Waals surface area contributed by atoms with E-state index in [0.717, 1.165) is 19.6 Å². The van der Waals surface area contributed by atoms with Gasteiger partial charge in [0.1, 0.15) is 0 Å². The number of unbranched alkanes of at least 4 members (excludes halogenated alkanes) is 18. The van der Waals surface area contributed by atoms with Gasteiger partial charge in [-0.15, -0.1) is 0 Å². The van der Waals surface area contributed by atoms with Crippen molar-refractivity contribution in [2.24, 2.45) is 5.73 Å². The van der Waals surface area contributed by atoms with E-state index in [9.17, 15) is 0 Å². The Morgan fingerprint density at radius 2 is 1.10 bits per heavy atom. The summed E-state index contributed by atoms with van der Waals surface area (Å²) in [6.45, 7) is 5.07. The van der Waals surface area contributed by atoms with E-state index in [4.69, 9.17) is 5.73 Å². The van der Waals surface area contributed by atoms with Gasteiger partial charge in [-0.05, 0) is 6.42 Å². The number of hydrogen-bond donors (Lipinski definition) is 2. The number of nitrogens with one attached hydrogen (secondary N) is 1. The molecule has 0 amide bonds. The molecule has 0 aromatic rings. The highest BCUT2D eigenvalue weighted by Gasteiger charge is 2.23. The number of nitrogens with two attached hydrogens (primary N) is 1. The average molecular weight is 409 g/mol. The van der Waals surface area contributed by atoms with Crippen molar-refractivity contribution in [2.45, 2.75) is 142 Å². The summed E-state index contributed by atoms with van der Waals surface area (Å²) in [4.78, 5) is 0. The van der Waals surface area contributed by atoms with Crippen LogP contribution >= 0.6 is 0 Å². The van der Waals surface area contributed by atoms with Crippen molar-refractivity contribution in [1.82, 2.24) is 5.32 Å². The molecule has 1 rings (SSSR count). The molecule has 1 unspecified atom stereocenters. The van der Waals surface area contributed by atoms with E-state index in [0.29, 0.717) is 6.17 Å². The Bertz CT molecular complexity index is 367. The number of rotatable bonds is 22. The lowest BCUT2D eigenvalue weighted by Crippen LogP contribution is -2.35. The Kier molecular flexibility index (Phi) is 19.1. The van der Waals surface area contributed by atoms with Crippen molar-refractivity contribution < 1.29 is 4.58 Å². The normalized spacial score (nSPS) is 16.5. The molecule has 29 heavy (non-hydrogen) atoms. The van der Waals surface area contributed by atoms with Gasteiger partial charge < -0.3 is 5.73 Å². The largest absolute Gasteiger partial charge is 0.325 e. The molecular formula is C26H54N3+. The molecule has 0 aromatic heterocycles. The van der Waals surface area contributed by atoms with Crippen LogP contribution in [0.4, 0.5) is 0 Å². The molecule has 1 aliphatic rings. The minimum atomic E-state index is 0.546. The molecule has 0 aliphatic carbocycles. The SMILES string of the molecule is CCCCCCCCCCCCCCCCCCCCCC1NCC=[N+]1CCN. The van der Waals surface area contributed by atoms with Gasteiger partial charge in [0.25, 0.3) is 0 Å². The van der Waals surface area contributed by atoms with Gasteiger partial charge in [0.05, 0.1) is 13.1 Å². The summed E-state index contributed by atoms with van der Waals surface area (Å²) in [6.07, 6.45) is 31.6. The van der Waals surface area contributed by atoms with Crippen LogP contribution in [-0.4, -0.2) is 36.6 Å². The van der Waals surface area contributed by atoms with Crippen LogP contribution in [0.3, 0.4) is 0 Å². The zero-order chi connectivity index (χ0) is 20.8. The van der Waals surface area contributed by atoms with Crippen LogP contribution < -0.4 is 11.1 Å². The third-order valence-electron chi connectivity index (χ3n) is 6.55. The summed E-state index contributed by atoms with van der Waals surface area (Å²) >= 11 is 0. The molecule has 0 aromatic carbocycles. The number of hydrogen-bond acceptors (Lipinski definition) is 2. The molecule has 0 saturated carbocycles. The highest BCUT2D eigenvalue weighted by Crippen LogP contribution is 2.15. The first-order valence-electron chi connectivity index (χ1n) is 13.4. The lowest BCUT2D eigenvalue weighted by atomic mass is 10.0. The fraction of sp³-hybridized carbons (Fsp3) is 0.962. The summed E-state index contributed by atoms with van der Waals surface area (Å²) in [5.74, 6) is 0. The van der Waals surface area contributed by atoms with Gasteiger partial charge in [-0.1, -0.05) is 122 Å². The smallest absolute Gasteiger partial charge is 0.206 e. The maximum absolute atomic E-state index is 5.68. The predicted molar refractivity (Wildman–Crippen MR) is 130 cm³/mol. The summed E-state index contributed by atoms with van der Waals surface area (Å²) in [6, 6.07) is 0. The van der Waals surface area contributed by atoms with Gasteiger partial charge in [0.15, 0.2) is 12.8 Å². The van der Waals surface area contributed by atoms with Crippen molar-refractivity contribution in [1.29, 1.82) is 0 Å². The van der Waals surface area contributed by atoms with E-state index < -0.39 is 0 Å². The van der Waals surface area contributed by atoms with Gasteiger partial charge in [-0.3, -0.25) is 0 Å². The molecule has 1 aliphatic heterocycles. The van der Waals surface area contributed by atoms with Gasteiger partial charge in [-0.2, -0.15) is 0 Å². The Morgan fingerprint density at radius 3 is 1.52 bits per heavy atom. The standard InChI is InChI=1S/C26H54N3/c1-2-3-4-5-6-7-8-9-10-11-12-13-14-15-16-17-18-19-20-21-26-28-23-25-29(26)24-22-27/h25-26,28H,2-24,27H2,1H3/q+1. The Morgan fingerprint density at radius 1 is 0.690 bits per heavy atom. The molecule has 0 bridgehead atoms. The lowest BCUT2D eigenvalue weighted by molar-refractivity contribution is -0.557. The first kappa shape index (κ1) is 26.6. The number of nitrogens with zero attached hydrogens (tertiary/aromatic N) is 1. The third-order valence-corrected chi connectivity index (χ3v) is 6.55. The minimum absolute atomic E-state index is 0.546. The summed E-state index contributed by atoms with van der Waals surface area (Å²) in [5.41, 5.74) is 5.68. The monoisotopic (exact) mass is 408 g/mol. The van der Waals surface area contributed by atoms with Crippen molar-refractivity contribution >= 4 is 6.21 Å². The molecule has 1 heterocycles. The summed E-state index contributed by atoms with van der Waals surface area (Å²) in [7, 11) is 0. The molecule has 3 nitrogen and oxygen atoms in total. The zero-order valence-electron chi connectivity index (χ0n) is 19.9.